The van der Waals surface area contributed by atoms with Crippen molar-refractivity contribution in [2.75, 3.05) is 17.1 Å². The molecule has 0 aliphatic rings. The maximum Gasteiger partial charge on any atom is 0.263 e. The molecule has 106 valence electrons. The van der Waals surface area contributed by atoms with Gasteiger partial charge in [-0.1, -0.05) is 29.3 Å². The van der Waals surface area contributed by atoms with Crippen LogP contribution in [0.4, 0.5) is 11.5 Å². The molecule has 0 atom stereocenters. The lowest BCUT2D eigenvalue weighted by atomic mass is 10.2. The Hall–Kier alpha value is -1.79. The maximum atomic E-state index is 12.2. The zero-order chi connectivity index (χ0) is 14.8. The lowest BCUT2D eigenvalue weighted by Gasteiger charge is -2.09. The van der Waals surface area contributed by atoms with Gasteiger partial charge in [-0.2, -0.15) is 0 Å². The normalized spacial score (nSPS) is 11.2. The van der Waals surface area contributed by atoms with Gasteiger partial charge in [-0.15, -0.1) is 0 Å². The topological polar surface area (TPSA) is 71.1 Å². The van der Waals surface area contributed by atoms with Gasteiger partial charge in [0.1, 0.15) is 10.7 Å². The molecule has 2 N–H and O–H groups in total. The average molecular weight is 312 g/mol. The number of halogens is 1. The molecule has 0 spiro atoms. The number of aromatic nitrogens is 1. The molecule has 0 fully saturated rings. The molecule has 0 unspecified atom stereocenters. The van der Waals surface area contributed by atoms with Gasteiger partial charge in [0.05, 0.1) is 5.02 Å². The van der Waals surface area contributed by atoms with E-state index in [0.29, 0.717) is 11.5 Å². The van der Waals surface area contributed by atoms with E-state index in [0.717, 1.165) is 5.56 Å². The fraction of sp³-hybridized carbons (Fsp3) is 0.154. The van der Waals surface area contributed by atoms with Crippen molar-refractivity contribution in [2.24, 2.45) is 0 Å². The molecular weight excluding hydrogens is 298 g/mol. The highest BCUT2D eigenvalue weighted by Gasteiger charge is 2.16. The van der Waals surface area contributed by atoms with Crippen LogP contribution in [0.15, 0.2) is 41.4 Å². The second-order valence-electron chi connectivity index (χ2n) is 4.22. The van der Waals surface area contributed by atoms with Crippen LogP contribution in [0.2, 0.25) is 5.02 Å². The van der Waals surface area contributed by atoms with Crippen LogP contribution < -0.4 is 10.0 Å². The van der Waals surface area contributed by atoms with Crippen molar-refractivity contribution in [3.63, 3.8) is 0 Å². The van der Waals surface area contributed by atoms with Gasteiger partial charge < -0.3 is 5.32 Å². The van der Waals surface area contributed by atoms with E-state index in [-0.39, 0.29) is 9.92 Å². The minimum atomic E-state index is -3.70. The number of nitrogens with zero attached hydrogens (tertiary/aromatic N) is 1. The first-order valence-corrected chi connectivity index (χ1v) is 7.71. The number of rotatable bonds is 4. The highest BCUT2D eigenvalue weighted by Crippen LogP contribution is 2.23. The Balaban J connectivity index is 2.30. The number of pyridine rings is 1. The molecule has 0 saturated carbocycles. The van der Waals surface area contributed by atoms with Gasteiger partial charge in [-0.05, 0) is 25.1 Å². The van der Waals surface area contributed by atoms with E-state index in [1.165, 1.54) is 12.3 Å². The number of nitrogens with one attached hydrogen (secondary N) is 2. The fourth-order valence-corrected chi connectivity index (χ4v) is 2.94. The summed E-state index contributed by atoms with van der Waals surface area (Å²) < 4.78 is 26.9. The molecule has 5 nitrogen and oxygen atoms in total. The fourth-order valence-electron chi connectivity index (χ4n) is 1.59. The highest BCUT2D eigenvalue weighted by molar-refractivity contribution is 7.92. The second-order valence-corrected chi connectivity index (χ2v) is 6.31. The van der Waals surface area contributed by atoms with Crippen molar-refractivity contribution in [1.82, 2.24) is 4.98 Å². The zero-order valence-corrected chi connectivity index (χ0v) is 12.6. The van der Waals surface area contributed by atoms with E-state index in [2.05, 4.69) is 15.0 Å². The Morgan fingerprint density at radius 3 is 2.40 bits per heavy atom. The first-order valence-electron chi connectivity index (χ1n) is 5.85. The number of anilines is 2. The van der Waals surface area contributed by atoms with E-state index >= 15 is 0 Å². The van der Waals surface area contributed by atoms with Gasteiger partial charge in [0.25, 0.3) is 10.0 Å². The lowest BCUT2D eigenvalue weighted by Crippen LogP contribution is -2.13. The largest absolute Gasteiger partial charge is 0.372 e. The average Bonchev–Trinajstić information content (AvgIpc) is 2.41. The van der Waals surface area contributed by atoms with Crippen LogP contribution >= 0.6 is 11.6 Å². The molecule has 0 bridgehead atoms. The number of aryl methyl sites for hydroxylation is 1. The predicted molar refractivity (Wildman–Crippen MR) is 80.8 cm³/mol. The minimum Gasteiger partial charge on any atom is -0.372 e. The molecule has 1 aromatic carbocycles. The molecule has 0 saturated heterocycles. The SMILES string of the molecule is CNc1ncc(S(=O)(=O)Nc2ccc(C)cc2)cc1Cl. The first kappa shape index (κ1) is 14.6. The van der Waals surface area contributed by atoms with Crippen molar-refractivity contribution in [3.8, 4) is 0 Å². The van der Waals surface area contributed by atoms with Crippen molar-refractivity contribution in [1.29, 1.82) is 0 Å². The summed E-state index contributed by atoms with van der Waals surface area (Å²) >= 11 is 5.94. The molecule has 0 amide bonds. The maximum absolute atomic E-state index is 12.2. The summed E-state index contributed by atoms with van der Waals surface area (Å²) in [6.45, 7) is 1.93. The summed E-state index contributed by atoms with van der Waals surface area (Å²) in [5.41, 5.74) is 1.54. The molecule has 0 aliphatic carbocycles. The first-order chi connectivity index (χ1) is 9.42. The smallest absolute Gasteiger partial charge is 0.263 e. The van der Waals surface area contributed by atoms with Crippen molar-refractivity contribution >= 4 is 33.1 Å². The summed E-state index contributed by atoms with van der Waals surface area (Å²) in [4.78, 5) is 3.97. The van der Waals surface area contributed by atoms with E-state index in [1.807, 2.05) is 19.1 Å². The van der Waals surface area contributed by atoms with Gasteiger partial charge in [0, 0.05) is 18.9 Å². The van der Waals surface area contributed by atoms with Crippen LogP contribution in [0.25, 0.3) is 0 Å². The highest BCUT2D eigenvalue weighted by atomic mass is 35.5. The third-order valence-electron chi connectivity index (χ3n) is 2.67. The summed E-state index contributed by atoms with van der Waals surface area (Å²) in [6.07, 6.45) is 1.26. The Bertz CT molecular complexity index is 715. The van der Waals surface area contributed by atoms with Gasteiger partial charge in [-0.3, -0.25) is 4.72 Å². The van der Waals surface area contributed by atoms with E-state index in [4.69, 9.17) is 11.6 Å². The zero-order valence-electron chi connectivity index (χ0n) is 11.0. The van der Waals surface area contributed by atoms with Crippen LogP contribution in [0.1, 0.15) is 5.56 Å². The van der Waals surface area contributed by atoms with Crippen molar-refractivity contribution in [2.45, 2.75) is 11.8 Å². The van der Waals surface area contributed by atoms with Crippen LogP contribution in [0.3, 0.4) is 0 Å². The third-order valence-corrected chi connectivity index (χ3v) is 4.30. The van der Waals surface area contributed by atoms with E-state index < -0.39 is 10.0 Å². The van der Waals surface area contributed by atoms with Crippen LogP contribution in [-0.2, 0) is 10.0 Å². The molecule has 0 aliphatic heterocycles. The summed E-state index contributed by atoms with van der Waals surface area (Å²) in [5.74, 6) is 0.431. The van der Waals surface area contributed by atoms with E-state index in [9.17, 15) is 8.42 Å². The molecule has 2 rings (SSSR count). The van der Waals surface area contributed by atoms with Crippen LogP contribution in [0, 0.1) is 6.92 Å². The van der Waals surface area contributed by atoms with Crippen LogP contribution in [0.5, 0.6) is 0 Å². The Kier molecular flexibility index (Phi) is 4.15. The molecule has 0 radical (unpaired) electrons. The van der Waals surface area contributed by atoms with Crippen molar-refractivity contribution < 1.29 is 8.42 Å². The molecule has 2 aromatic rings. The number of sulfonamides is 1. The van der Waals surface area contributed by atoms with Gasteiger partial charge in [0.2, 0.25) is 0 Å². The number of hydrogen-bond acceptors (Lipinski definition) is 4. The minimum absolute atomic E-state index is 0.0158. The van der Waals surface area contributed by atoms with Crippen molar-refractivity contribution in [3.05, 3.63) is 47.1 Å². The summed E-state index contributed by atoms with van der Waals surface area (Å²) in [6, 6.07) is 8.41. The Labute approximate surface area is 123 Å². The molecule has 1 aromatic heterocycles. The monoisotopic (exact) mass is 311 g/mol. The number of benzene rings is 1. The van der Waals surface area contributed by atoms with Gasteiger partial charge in [-0.25, -0.2) is 13.4 Å². The predicted octanol–water partition coefficient (Wildman–Crippen LogP) is 2.89. The molecule has 20 heavy (non-hydrogen) atoms. The van der Waals surface area contributed by atoms with Gasteiger partial charge >= 0.3 is 0 Å². The van der Waals surface area contributed by atoms with Crippen LogP contribution in [-0.4, -0.2) is 20.4 Å². The summed E-state index contributed by atoms with van der Waals surface area (Å²) in [5, 5.41) is 3.02. The number of hydrogen-bond donors (Lipinski definition) is 2. The molecule has 7 heteroatoms. The van der Waals surface area contributed by atoms with E-state index in [1.54, 1.807) is 19.2 Å². The third kappa shape index (κ3) is 3.20. The Morgan fingerprint density at radius 1 is 1.20 bits per heavy atom. The quantitative estimate of drug-likeness (QED) is 0.911. The molecular formula is C13H14ClN3O2S. The Morgan fingerprint density at radius 2 is 1.85 bits per heavy atom. The van der Waals surface area contributed by atoms with Gasteiger partial charge in [0.15, 0.2) is 0 Å². The second kappa shape index (κ2) is 5.68. The summed E-state index contributed by atoms with van der Waals surface area (Å²) in [7, 11) is -2.04. The molecule has 1 heterocycles. The standard InChI is InChI=1S/C13H14ClN3O2S/c1-9-3-5-10(6-4-9)17-20(18,19)11-7-12(14)13(15-2)16-8-11/h3-8,17H,1-2H3,(H,15,16). The lowest BCUT2D eigenvalue weighted by molar-refractivity contribution is 0.601.